The molecule has 0 aliphatic rings. The standard InChI is InChI=1S/C16H22N2O2/c1-11(2)18-10-17-7-15(18)9-20-16-12(3)5-14(8-19)6-13(16)4/h5-7,10-11,19H,8-9H2,1-4H3. The van der Waals surface area contributed by atoms with Crippen molar-refractivity contribution < 1.29 is 9.84 Å². The van der Waals surface area contributed by atoms with Crippen molar-refractivity contribution in [1.29, 1.82) is 0 Å². The first-order valence-corrected chi connectivity index (χ1v) is 6.87. The molecule has 0 bridgehead atoms. The lowest BCUT2D eigenvalue weighted by Crippen LogP contribution is -2.08. The zero-order chi connectivity index (χ0) is 14.7. The highest BCUT2D eigenvalue weighted by Crippen LogP contribution is 2.26. The van der Waals surface area contributed by atoms with Gasteiger partial charge in [-0.1, -0.05) is 12.1 Å². The van der Waals surface area contributed by atoms with Crippen LogP contribution in [0.25, 0.3) is 0 Å². The SMILES string of the molecule is Cc1cc(CO)cc(C)c1OCc1cncn1C(C)C. The fourth-order valence-corrected chi connectivity index (χ4v) is 2.41. The molecule has 108 valence electrons. The molecule has 0 amide bonds. The van der Waals surface area contributed by atoms with E-state index in [1.165, 1.54) is 0 Å². The van der Waals surface area contributed by atoms with Crippen LogP contribution in [0.4, 0.5) is 0 Å². The first-order chi connectivity index (χ1) is 9.52. The lowest BCUT2D eigenvalue weighted by atomic mass is 10.1. The van der Waals surface area contributed by atoms with Gasteiger partial charge in [0.05, 0.1) is 24.8 Å². The molecule has 1 N–H and O–H groups in total. The van der Waals surface area contributed by atoms with Crippen LogP contribution >= 0.6 is 0 Å². The van der Waals surface area contributed by atoms with Gasteiger partial charge < -0.3 is 14.4 Å². The van der Waals surface area contributed by atoms with Gasteiger partial charge in [-0.2, -0.15) is 0 Å². The molecule has 0 aliphatic heterocycles. The Morgan fingerprint density at radius 1 is 1.25 bits per heavy atom. The number of rotatable bonds is 5. The molecule has 0 spiro atoms. The molecule has 2 rings (SSSR count). The summed E-state index contributed by atoms with van der Waals surface area (Å²) < 4.78 is 8.06. The molecule has 1 aromatic carbocycles. The molecule has 1 heterocycles. The molecule has 0 atom stereocenters. The second kappa shape index (κ2) is 6.09. The van der Waals surface area contributed by atoms with Gasteiger partial charge in [-0.05, 0) is 44.4 Å². The van der Waals surface area contributed by atoms with E-state index in [9.17, 15) is 5.11 Å². The van der Waals surface area contributed by atoms with Crippen molar-refractivity contribution in [2.75, 3.05) is 0 Å². The highest BCUT2D eigenvalue weighted by atomic mass is 16.5. The van der Waals surface area contributed by atoms with Crippen molar-refractivity contribution in [3.05, 3.63) is 47.0 Å². The molecule has 4 heteroatoms. The fraction of sp³-hybridized carbons (Fsp3) is 0.438. The Morgan fingerprint density at radius 3 is 2.45 bits per heavy atom. The number of hydrogen-bond donors (Lipinski definition) is 1. The van der Waals surface area contributed by atoms with E-state index in [4.69, 9.17) is 4.74 Å². The number of aryl methyl sites for hydroxylation is 2. The minimum atomic E-state index is 0.0576. The van der Waals surface area contributed by atoms with Gasteiger partial charge >= 0.3 is 0 Å². The summed E-state index contributed by atoms with van der Waals surface area (Å²) in [5.41, 5.74) is 4.07. The van der Waals surface area contributed by atoms with E-state index in [1.807, 2.05) is 38.5 Å². The summed E-state index contributed by atoms with van der Waals surface area (Å²) in [5.74, 6) is 0.888. The van der Waals surface area contributed by atoms with Crippen LogP contribution in [0, 0.1) is 13.8 Å². The summed E-state index contributed by atoms with van der Waals surface area (Å²) in [6.45, 7) is 8.80. The second-order valence-electron chi connectivity index (χ2n) is 5.39. The number of aromatic nitrogens is 2. The summed E-state index contributed by atoms with van der Waals surface area (Å²) >= 11 is 0. The van der Waals surface area contributed by atoms with Gasteiger partial charge in [-0.15, -0.1) is 0 Å². The zero-order valence-electron chi connectivity index (χ0n) is 12.6. The Bertz CT molecular complexity index is 565. The fourth-order valence-electron chi connectivity index (χ4n) is 2.41. The summed E-state index contributed by atoms with van der Waals surface area (Å²) in [5, 5.41) is 9.20. The van der Waals surface area contributed by atoms with Gasteiger partial charge in [-0.25, -0.2) is 4.98 Å². The molecular formula is C16H22N2O2. The highest BCUT2D eigenvalue weighted by molar-refractivity contribution is 5.43. The van der Waals surface area contributed by atoms with Crippen molar-refractivity contribution >= 4 is 0 Å². The Balaban J connectivity index is 2.17. The Labute approximate surface area is 120 Å². The molecule has 0 radical (unpaired) electrons. The average molecular weight is 274 g/mol. The van der Waals surface area contributed by atoms with E-state index in [1.54, 1.807) is 0 Å². The van der Waals surface area contributed by atoms with E-state index in [0.717, 1.165) is 28.1 Å². The maximum absolute atomic E-state index is 9.20. The maximum Gasteiger partial charge on any atom is 0.130 e. The predicted octanol–water partition coefficient (Wildman–Crippen LogP) is 3.15. The lowest BCUT2D eigenvalue weighted by molar-refractivity contribution is 0.278. The summed E-state index contributed by atoms with van der Waals surface area (Å²) in [6.07, 6.45) is 3.67. The molecule has 0 fully saturated rings. The van der Waals surface area contributed by atoms with E-state index in [-0.39, 0.29) is 6.61 Å². The highest BCUT2D eigenvalue weighted by Gasteiger charge is 2.10. The van der Waals surface area contributed by atoms with Crippen LogP contribution in [0.2, 0.25) is 0 Å². The van der Waals surface area contributed by atoms with Crippen molar-refractivity contribution in [2.45, 2.75) is 47.0 Å². The third-order valence-corrected chi connectivity index (χ3v) is 3.37. The normalized spacial score (nSPS) is 11.1. The lowest BCUT2D eigenvalue weighted by Gasteiger charge is -2.16. The molecular weight excluding hydrogens is 252 g/mol. The molecule has 4 nitrogen and oxygen atoms in total. The van der Waals surface area contributed by atoms with Gasteiger partial charge in [0, 0.05) is 6.04 Å². The van der Waals surface area contributed by atoms with Crippen LogP contribution in [-0.2, 0) is 13.2 Å². The average Bonchev–Trinajstić information content (AvgIpc) is 2.86. The van der Waals surface area contributed by atoms with Gasteiger partial charge in [0.15, 0.2) is 0 Å². The summed E-state index contributed by atoms with van der Waals surface area (Å²) in [7, 11) is 0. The minimum Gasteiger partial charge on any atom is -0.487 e. The van der Waals surface area contributed by atoms with E-state index in [2.05, 4.69) is 23.4 Å². The minimum absolute atomic E-state index is 0.0576. The van der Waals surface area contributed by atoms with E-state index in [0.29, 0.717) is 12.6 Å². The molecule has 0 unspecified atom stereocenters. The molecule has 20 heavy (non-hydrogen) atoms. The second-order valence-corrected chi connectivity index (χ2v) is 5.39. The van der Waals surface area contributed by atoms with Crippen molar-refractivity contribution in [1.82, 2.24) is 9.55 Å². The monoisotopic (exact) mass is 274 g/mol. The third kappa shape index (κ3) is 3.02. The molecule has 0 saturated carbocycles. The van der Waals surface area contributed by atoms with Crippen LogP contribution in [-0.4, -0.2) is 14.7 Å². The Morgan fingerprint density at radius 2 is 1.90 bits per heavy atom. The van der Waals surface area contributed by atoms with Crippen LogP contribution < -0.4 is 4.74 Å². The Kier molecular flexibility index (Phi) is 4.45. The van der Waals surface area contributed by atoms with Crippen LogP contribution in [0.1, 0.15) is 42.3 Å². The number of nitrogens with zero attached hydrogens (tertiary/aromatic N) is 2. The largest absolute Gasteiger partial charge is 0.487 e. The van der Waals surface area contributed by atoms with Gasteiger partial charge in [0.25, 0.3) is 0 Å². The van der Waals surface area contributed by atoms with Crippen LogP contribution in [0.3, 0.4) is 0 Å². The number of ether oxygens (including phenoxy) is 1. The van der Waals surface area contributed by atoms with Crippen molar-refractivity contribution in [3.63, 3.8) is 0 Å². The first-order valence-electron chi connectivity index (χ1n) is 6.87. The zero-order valence-corrected chi connectivity index (χ0v) is 12.6. The third-order valence-electron chi connectivity index (χ3n) is 3.37. The summed E-state index contributed by atoms with van der Waals surface area (Å²) in [4.78, 5) is 4.18. The molecule has 2 aromatic rings. The molecule has 1 aromatic heterocycles. The number of benzene rings is 1. The first kappa shape index (κ1) is 14.6. The quantitative estimate of drug-likeness (QED) is 0.911. The Hall–Kier alpha value is -1.81. The number of aliphatic hydroxyl groups is 1. The van der Waals surface area contributed by atoms with Gasteiger partial charge in [-0.3, -0.25) is 0 Å². The van der Waals surface area contributed by atoms with Crippen LogP contribution in [0.15, 0.2) is 24.7 Å². The van der Waals surface area contributed by atoms with Gasteiger partial charge in [0.1, 0.15) is 12.4 Å². The molecule has 0 aliphatic carbocycles. The van der Waals surface area contributed by atoms with Gasteiger partial charge in [0.2, 0.25) is 0 Å². The van der Waals surface area contributed by atoms with E-state index < -0.39 is 0 Å². The number of hydrogen-bond acceptors (Lipinski definition) is 3. The molecule has 0 saturated heterocycles. The number of imidazole rings is 1. The van der Waals surface area contributed by atoms with Crippen molar-refractivity contribution in [2.24, 2.45) is 0 Å². The topological polar surface area (TPSA) is 47.3 Å². The smallest absolute Gasteiger partial charge is 0.130 e. The van der Waals surface area contributed by atoms with Crippen molar-refractivity contribution in [3.8, 4) is 5.75 Å². The summed E-state index contributed by atoms with van der Waals surface area (Å²) in [6, 6.07) is 4.29. The predicted molar refractivity (Wildman–Crippen MR) is 78.8 cm³/mol. The van der Waals surface area contributed by atoms with Crippen LogP contribution in [0.5, 0.6) is 5.75 Å². The van der Waals surface area contributed by atoms with E-state index >= 15 is 0 Å². The maximum atomic E-state index is 9.20. The number of aliphatic hydroxyl groups excluding tert-OH is 1.